The van der Waals surface area contributed by atoms with Crippen LogP contribution in [0.15, 0.2) is 54.7 Å². The highest BCUT2D eigenvalue weighted by Gasteiger charge is 2.33. The van der Waals surface area contributed by atoms with Crippen LogP contribution in [0.5, 0.6) is 0 Å². The first-order chi connectivity index (χ1) is 10.5. The summed E-state index contributed by atoms with van der Waals surface area (Å²) in [5.74, 6) is -0.523. The van der Waals surface area contributed by atoms with Crippen molar-refractivity contribution in [1.82, 2.24) is 4.98 Å². The molecule has 1 N–H and O–H groups in total. The summed E-state index contributed by atoms with van der Waals surface area (Å²) in [4.78, 5) is 3.92. The van der Waals surface area contributed by atoms with E-state index in [1.54, 1.807) is 6.07 Å². The zero-order valence-corrected chi connectivity index (χ0v) is 11.2. The van der Waals surface area contributed by atoms with Crippen LogP contribution >= 0.6 is 0 Å². The molecule has 6 heteroatoms. The molecule has 0 spiro atoms. The number of fused-ring (bicyclic) bond motifs is 1. The highest BCUT2D eigenvalue weighted by Crippen LogP contribution is 2.36. The molecule has 0 saturated heterocycles. The Kier molecular flexibility index (Phi) is 3.44. The van der Waals surface area contributed by atoms with E-state index in [2.05, 4.69) is 10.3 Å². The molecule has 0 saturated carbocycles. The van der Waals surface area contributed by atoms with Crippen LogP contribution in [0.3, 0.4) is 0 Å². The summed E-state index contributed by atoms with van der Waals surface area (Å²) >= 11 is 0. The van der Waals surface area contributed by atoms with E-state index in [4.69, 9.17) is 0 Å². The normalized spacial score (nSPS) is 11.6. The first-order valence-electron chi connectivity index (χ1n) is 6.43. The summed E-state index contributed by atoms with van der Waals surface area (Å²) in [7, 11) is 0. The fraction of sp³-hybridized carbons (Fsp3) is 0.0625. The fourth-order valence-electron chi connectivity index (χ4n) is 2.23. The Bertz CT molecular complexity index is 828. The smallest absolute Gasteiger partial charge is 0.354 e. The van der Waals surface area contributed by atoms with Gasteiger partial charge in [0.05, 0.1) is 11.3 Å². The zero-order chi connectivity index (χ0) is 15.7. The lowest BCUT2D eigenvalue weighted by molar-refractivity contribution is -0.136. The van der Waals surface area contributed by atoms with Gasteiger partial charge in [-0.1, -0.05) is 24.3 Å². The van der Waals surface area contributed by atoms with Crippen LogP contribution in [-0.2, 0) is 6.18 Å². The van der Waals surface area contributed by atoms with Crippen LogP contribution < -0.4 is 5.32 Å². The number of hydrogen-bond acceptors (Lipinski definition) is 2. The molecule has 3 rings (SSSR count). The third kappa shape index (κ3) is 2.59. The monoisotopic (exact) mass is 306 g/mol. The van der Waals surface area contributed by atoms with Gasteiger partial charge in [-0.05, 0) is 24.3 Å². The van der Waals surface area contributed by atoms with Gasteiger partial charge in [-0.3, -0.25) is 4.98 Å². The second-order valence-corrected chi connectivity index (χ2v) is 4.66. The van der Waals surface area contributed by atoms with Crippen molar-refractivity contribution in [3.8, 4) is 0 Å². The van der Waals surface area contributed by atoms with Crippen molar-refractivity contribution in [2.24, 2.45) is 0 Å². The first-order valence-corrected chi connectivity index (χ1v) is 6.43. The highest BCUT2D eigenvalue weighted by molar-refractivity contribution is 5.93. The maximum atomic E-state index is 13.7. The van der Waals surface area contributed by atoms with Gasteiger partial charge in [0, 0.05) is 17.3 Å². The molecule has 0 fully saturated rings. The van der Waals surface area contributed by atoms with Crippen LogP contribution in [0, 0.1) is 5.82 Å². The lowest BCUT2D eigenvalue weighted by Gasteiger charge is -2.15. The highest BCUT2D eigenvalue weighted by atomic mass is 19.4. The molecule has 2 aromatic carbocycles. The number of halogens is 4. The molecular formula is C16H10F4N2. The van der Waals surface area contributed by atoms with E-state index in [0.717, 1.165) is 6.07 Å². The van der Waals surface area contributed by atoms with E-state index in [0.29, 0.717) is 11.1 Å². The van der Waals surface area contributed by atoms with Gasteiger partial charge in [0.1, 0.15) is 11.3 Å². The van der Waals surface area contributed by atoms with Crippen LogP contribution in [0.2, 0.25) is 0 Å². The van der Waals surface area contributed by atoms with Gasteiger partial charge < -0.3 is 5.32 Å². The van der Waals surface area contributed by atoms with E-state index >= 15 is 0 Å². The second-order valence-electron chi connectivity index (χ2n) is 4.66. The van der Waals surface area contributed by atoms with Gasteiger partial charge in [-0.2, -0.15) is 13.2 Å². The number of para-hydroxylation sites is 2. The number of nitrogens with zero attached hydrogens (tertiary/aromatic N) is 1. The molecule has 0 aliphatic heterocycles. The number of anilines is 2. The minimum atomic E-state index is -4.47. The molecule has 0 bridgehead atoms. The average molecular weight is 306 g/mol. The minimum Gasteiger partial charge on any atom is -0.354 e. The summed E-state index contributed by atoms with van der Waals surface area (Å²) in [6.45, 7) is 0. The van der Waals surface area contributed by atoms with Crippen molar-refractivity contribution in [3.63, 3.8) is 0 Å². The zero-order valence-electron chi connectivity index (χ0n) is 11.2. The lowest BCUT2D eigenvalue weighted by Crippen LogP contribution is -2.08. The van der Waals surface area contributed by atoms with Crippen molar-refractivity contribution in [2.75, 3.05) is 5.32 Å². The SMILES string of the molecule is Fc1cccc2c(Nc3ccccc3C(F)(F)F)ccnc12. The number of pyridine rings is 1. The van der Waals surface area contributed by atoms with Gasteiger partial charge in [0.2, 0.25) is 0 Å². The third-order valence-corrected chi connectivity index (χ3v) is 3.22. The maximum Gasteiger partial charge on any atom is 0.418 e. The van der Waals surface area contributed by atoms with Crippen molar-refractivity contribution in [1.29, 1.82) is 0 Å². The Morgan fingerprint density at radius 1 is 0.864 bits per heavy atom. The number of nitrogens with one attached hydrogen (secondary N) is 1. The van der Waals surface area contributed by atoms with Crippen LogP contribution in [-0.4, -0.2) is 4.98 Å². The molecule has 0 amide bonds. The predicted molar refractivity (Wildman–Crippen MR) is 76.4 cm³/mol. The molecule has 0 radical (unpaired) electrons. The first kappa shape index (κ1) is 14.3. The Labute approximate surface area is 123 Å². The Balaban J connectivity index is 2.11. The molecule has 0 atom stereocenters. The standard InChI is InChI=1S/C16H10F4N2/c17-12-6-3-4-10-13(8-9-21-15(10)12)22-14-7-2-1-5-11(14)16(18,19)20/h1-9H,(H,21,22). The molecule has 22 heavy (non-hydrogen) atoms. The number of aromatic nitrogens is 1. The summed E-state index contributed by atoms with van der Waals surface area (Å²) in [5.41, 5.74) is -0.402. The average Bonchev–Trinajstić information content (AvgIpc) is 2.48. The Hall–Kier alpha value is -2.63. The van der Waals surface area contributed by atoms with Gasteiger partial charge >= 0.3 is 6.18 Å². The second kappa shape index (κ2) is 5.29. The molecular weight excluding hydrogens is 296 g/mol. The van der Waals surface area contributed by atoms with Crippen molar-refractivity contribution in [3.05, 3.63) is 66.1 Å². The summed E-state index contributed by atoms with van der Waals surface area (Å²) in [5, 5.41) is 3.14. The maximum absolute atomic E-state index is 13.7. The summed E-state index contributed by atoms with van der Waals surface area (Å²) < 4.78 is 52.8. The van der Waals surface area contributed by atoms with Gasteiger partial charge in [0.25, 0.3) is 0 Å². The van der Waals surface area contributed by atoms with Crippen LogP contribution in [0.1, 0.15) is 5.56 Å². The number of alkyl halides is 3. The minimum absolute atomic E-state index is 0.0910. The van der Waals surface area contributed by atoms with Gasteiger partial charge in [-0.25, -0.2) is 4.39 Å². The molecule has 0 aliphatic carbocycles. The van der Waals surface area contributed by atoms with Crippen LogP contribution in [0.25, 0.3) is 10.9 Å². The topological polar surface area (TPSA) is 24.9 Å². The van der Waals surface area contributed by atoms with Crippen molar-refractivity contribution < 1.29 is 17.6 Å². The van der Waals surface area contributed by atoms with Crippen molar-refractivity contribution >= 4 is 22.3 Å². The van der Waals surface area contributed by atoms with E-state index in [9.17, 15) is 17.6 Å². The van der Waals surface area contributed by atoms with Crippen LogP contribution in [0.4, 0.5) is 28.9 Å². The Morgan fingerprint density at radius 3 is 2.41 bits per heavy atom. The number of rotatable bonds is 2. The molecule has 1 heterocycles. The fourth-order valence-corrected chi connectivity index (χ4v) is 2.23. The van der Waals surface area contributed by atoms with E-state index in [1.807, 2.05) is 0 Å². The number of benzene rings is 2. The number of hydrogen-bond donors (Lipinski definition) is 1. The summed E-state index contributed by atoms with van der Waals surface area (Å²) in [6.07, 6.45) is -3.12. The molecule has 0 aliphatic rings. The van der Waals surface area contributed by atoms with E-state index in [-0.39, 0.29) is 11.2 Å². The quantitative estimate of drug-likeness (QED) is 0.663. The third-order valence-electron chi connectivity index (χ3n) is 3.22. The van der Waals surface area contributed by atoms with E-state index < -0.39 is 17.6 Å². The van der Waals surface area contributed by atoms with Gasteiger partial charge in [-0.15, -0.1) is 0 Å². The predicted octanol–water partition coefficient (Wildman–Crippen LogP) is 5.14. The summed E-state index contributed by atoms with van der Waals surface area (Å²) in [6, 6.07) is 11.0. The molecule has 2 nitrogen and oxygen atoms in total. The molecule has 112 valence electrons. The van der Waals surface area contributed by atoms with Gasteiger partial charge in [0.15, 0.2) is 0 Å². The van der Waals surface area contributed by atoms with E-state index in [1.165, 1.54) is 42.6 Å². The molecule has 0 unspecified atom stereocenters. The lowest BCUT2D eigenvalue weighted by atomic mass is 10.1. The Morgan fingerprint density at radius 2 is 1.64 bits per heavy atom. The largest absolute Gasteiger partial charge is 0.418 e. The van der Waals surface area contributed by atoms with Crippen molar-refractivity contribution in [2.45, 2.75) is 6.18 Å². The molecule has 1 aromatic heterocycles. The molecule has 3 aromatic rings.